The van der Waals surface area contributed by atoms with Crippen LogP contribution in [0.1, 0.15) is 26.5 Å². The maximum Gasteiger partial charge on any atom is 0.226 e. The molecule has 152 valence electrons. The molecule has 0 radical (unpaired) electrons. The Morgan fingerprint density at radius 1 is 1.32 bits per heavy atom. The molecule has 28 heavy (non-hydrogen) atoms. The number of pyridine rings is 1. The van der Waals surface area contributed by atoms with Crippen molar-refractivity contribution in [2.24, 2.45) is 0 Å². The molecule has 2 aromatic heterocycles. The van der Waals surface area contributed by atoms with Crippen LogP contribution in [0.4, 0.5) is 11.8 Å². The van der Waals surface area contributed by atoms with Gasteiger partial charge in [-0.2, -0.15) is 0 Å². The van der Waals surface area contributed by atoms with Crippen molar-refractivity contribution in [3.8, 4) is 11.3 Å². The maximum absolute atomic E-state index is 12.4. The van der Waals surface area contributed by atoms with Gasteiger partial charge in [0.25, 0.3) is 0 Å². The molecule has 0 amide bonds. The number of aromatic nitrogens is 3. The van der Waals surface area contributed by atoms with E-state index in [0.717, 1.165) is 0 Å². The third kappa shape index (κ3) is 3.92. The van der Waals surface area contributed by atoms with Crippen LogP contribution in [0, 0.1) is 0 Å². The summed E-state index contributed by atoms with van der Waals surface area (Å²) in [4.78, 5) is 15.4. The largest absolute Gasteiger partial charge is 0.384 e. The van der Waals surface area contributed by atoms with Gasteiger partial charge < -0.3 is 15.4 Å². The van der Waals surface area contributed by atoms with Crippen LogP contribution in [0.5, 0.6) is 0 Å². The van der Waals surface area contributed by atoms with Crippen LogP contribution >= 0.6 is 11.6 Å². The zero-order valence-electron chi connectivity index (χ0n) is 16.3. The van der Waals surface area contributed by atoms with Gasteiger partial charge >= 0.3 is 0 Å². The predicted octanol–water partition coefficient (Wildman–Crippen LogP) is 2.28. The number of nitrogens with zero attached hydrogens (tertiary/aromatic N) is 4. The maximum atomic E-state index is 12.4. The quantitative estimate of drug-likeness (QED) is 0.793. The molecule has 0 unspecified atom stereocenters. The van der Waals surface area contributed by atoms with Crippen molar-refractivity contribution >= 4 is 33.2 Å². The molecule has 3 heterocycles. The highest BCUT2D eigenvalue weighted by molar-refractivity contribution is 7.91. The highest BCUT2D eigenvalue weighted by atomic mass is 35.5. The van der Waals surface area contributed by atoms with Crippen LogP contribution in [0.3, 0.4) is 0 Å². The molecule has 0 saturated carbocycles. The number of halogens is 1. The summed E-state index contributed by atoms with van der Waals surface area (Å²) < 4.78 is 29.1. The minimum Gasteiger partial charge on any atom is -0.384 e. The summed E-state index contributed by atoms with van der Waals surface area (Å²) in [5.41, 5.74) is 7.14. The smallest absolute Gasteiger partial charge is 0.226 e. The Morgan fingerprint density at radius 2 is 2.04 bits per heavy atom. The molecule has 1 atom stereocenters. The summed E-state index contributed by atoms with van der Waals surface area (Å²) in [6.45, 7) is 6.97. The molecule has 2 N–H and O–H groups in total. The third-order valence-corrected chi connectivity index (χ3v) is 7.41. The van der Waals surface area contributed by atoms with Crippen LogP contribution < -0.4 is 10.6 Å². The van der Waals surface area contributed by atoms with Gasteiger partial charge in [0.15, 0.2) is 9.84 Å². The average Bonchev–Trinajstić information content (AvgIpc) is 2.60. The van der Waals surface area contributed by atoms with Crippen LogP contribution in [0.2, 0.25) is 5.02 Å². The van der Waals surface area contributed by atoms with E-state index in [1.165, 1.54) is 18.5 Å². The molecule has 1 saturated heterocycles. The molecule has 1 aliphatic heterocycles. The highest BCUT2D eigenvalue weighted by Gasteiger charge is 2.36. The Bertz CT molecular complexity index is 997. The van der Waals surface area contributed by atoms with Crippen molar-refractivity contribution in [3.05, 3.63) is 29.0 Å². The fourth-order valence-electron chi connectivity index (χ4n) is 2.86. The minimum atomic E-state index is -3.43. The van der Waals surface area contributed by atoms with E-state index in [4.69, 9.17) is 22.1 Å². The normalized spacial score (nSPS) is 18.3. The highest BCUT2D eigenvalue weighted by Crippen LogP contribution is 2.34. The summed E-state index contributed by atoms with van der Waals surface area (Å²) in [6.07, 6.45) is 2.73. The zero-order valence-corrected chi connectivity index (χ0v) is 17.9. The summed E-state index contributed by atoms with van der Waals surface area (Å²) in [5, 5.41) is 0.385. The zero-order chi connectivity index (χ0) is 20.7. The molecule has 1 fully saturated rings. The summed E-state index contributed by atoms with van der Waals surface area (Å²) >= 11 is 6.36. The Balaban J connectivity index is 2.22. The van der Waals surface area contributed by atoms with Crippen molar-refractivity contribution in [3.63, 3.8) is 0 Å². The predicted molar refractivity (Wildman–Crippen MR) is 110 cm³/mol. The molecule has 8 nitrogen and oxygen atoms in total. The first kappa shape index (κ1) is 20.8. The number of sulfone groups is 1. The van der Waals surface area contributed by atoms with Gasteiger partial charge in [0.05, 0.1) is 35.7 Å². The molecular formula is C18H24ClN5O3S. The second-order valence-corrected chi connectivity index (χ2v) is 10.4. The fourth-order valence-corrected chi connectivity index (χ4v) is 3.60. The first-order chi connectivity index (χ1) is 13.0. The van der Waals surface area contributed by atoms with Gasteiger partial charge in [0, 0.05) is 24.6 Å². The van der Waals surface area contributed by atoms with E-state index in [9.17, 15) is 8.42 Å². The fraction of sp³-hybridized carbons (Fsp3) is 0.500. The first-order valence-corrected chi connectivity index (χ1v) is 11.1. The lowest BCUT2D eigenvalue weighted by atomic mass is 10.1. The minimum absolute atomic E-state index is 0.0539. The number of hydrogen-bond donors (Lipinski definition) is 1. The van der Waals surface area contributed by atoms with Gasteiger partial charge in [-0.1, -0.05) is 11.6 Å². The number of rotatable bonds is 4. The van der Waals surface area contributed by atoms with Gasteiger partial charge in [0.1, 0.15) is 10.6 Å². The molecule has 0 aliphatic carbocycles. The van der Waals surface area contributed by atoms with E-state index < -0.39 is 14.6 Å². The van der Waals surface area contributed by atoms with Gasteiger partial charge in [-0.25, -0.2) is 23.4 Å². The van der Waals surface area contributed by atoms with Crippen molar-refractivity contribution in [2.75, 3.05) is 36.6 Å². The topological polar surface area (TPSA) is 111 Å². The van der Waals surface area contributed by atoms with Crippen LogP contribution in [-0.2, 0) is 19.3 Å². The lowest BCUT2D eigenvalue weighted by molar-refractivity contribution is 0.0980. The number of anilines is 2. The van der Waals surface area contributed by atoms with Crippen molar-refractivity contribution in [1.29, 1.82) is 0 Å². The third-order valence-electron chi connectivity index (χ3n) is 5.03. The summed E-state index contributed by atoms with van der Waals surface area (Å²) in [5.74, 6) is 0.731. The van der Waals surface area contributed by atoms with Crippen molar-refractivity contribution in [2.45, 2.75) is 31.6 Å². The summed E-state index contributed by atoms with van der Waals surface area (Å²) in [6, 6.07) is 3.24. The second kappa shape index (κ2) is 7.46. The standard InChI is InChI=1S/C18H24ClN5O3S/c1-11-10-27-6-5-24(11)17-22-14(12-9-21-16(20)7-13(12)19)8-15(23-17)18(2,3)28(4,25)26/h7-9,11H,5-6,10H2,1-4H3,(H2,20,21)/t11-/m0/s1. The molecule has 3 rings (SSSR count). The van der Waals surface area contributed by atoms with Gasteiger partial charge in [-0.3, -0.25) is 0 Å². The number of nitrogen functional groups attached to an aromatic ring is 1. The van der Waals surface area contributed by atoms with E-state index in [1.54, 1.807) is 19.9 Å². The van der Waals surface area contributed by atoms with Gasteiger partial charge in [-0.05, 0) is 32.9 Å². The molecule has 1 aliphatic rings. The molecule has 0 spiro atoms. The number of ether oxygens (including phenoxy) is 1. The molecular weight excluding hydrogens is 402 g/mol. The molecule has 0 aromatic carbocycles. The van der Waals surface area contributed by atoms with E-state index in [-0.39, 0.29) is 6.04 Å². The lowest BCUT2D eigenvalue weighted by Gasteiger charge is -2.34. The molecule has 10 heteroatoms. The monoisotopic (exact) mass is 425 g/mol. The number of morpholine rings is 1. The van der Waals surface area contributed by atoms with Gasteiger partial charge in [0.2, 0.25) is 5.95 Å². The SMILES string of the molecule is C[C@H]1COCCN1c1nc(-c2cnc(N)cc2Cl)cc(C(C)(C)S(C)(=O)=O)n1. The second-order valence-electron chi connectivity index (χ2n) is 7.43. The van der Waals surface area contributed by atoms with Crippen molar-refractivity contribution < 1.29 is 13.2 Å². The summed E-state index contributed by atoms with van der Waals surface area (Å²) in [7, 11) is -3.43. The molecule has 0 bridgehead atoms. The van der Waals surface area contributed by atoms with E-state index in [1.807, 2.05) is 11.8 Å². The number of hydrogen-bond acceptors (Lipinski definition) is 8. The van der Waals surface area contributed by atoms with E-state index in [2.05, 4.69) is 15.0 Å². The Kier molecular flexibility index (Phi) is 5.53. The average molecular weight is 426 g/mol. The Morgan fingerprint density at radius 3 is 2.64 bits per heavy atom. The first-order valence-electron chi connectivity index (χ1n) is 8.85. The van der Waals surface area contributed by atoms with E-state index in [0.29, 0.717) is 53.5 Å². The Labute approximate surface area is 170 Å². The lowest BCUT2D eigenvalue weighted by Crippen LogP contribution is -2.45. The van der Waals surface area contributed by atoms with Crippen LogP contribution in [-0.4, -0.2) is 55.4 Å². The number of nitrogens with two attached hydrogens (primary N) is 1. The van der Waals surface area contributed by atoms with Crippen molar-refractivity contribution in [1.82, 2.24) is 15.0 Å². The Hall–Kier alpha value is -1.97. The van der Waals surface area contributed by atoms with Gasteiger partial charge in [-0.15, -0.1) is 0 Å². The molecule has 2 aromatic rings. The van der Waals surface area contributed by atoms with Crippen LogP contribution in [0.15, 0.2) is 18.3 Å². The van der Waals surface area contributed by atoms with Crippen LogP contribution in [0.25, 0.3) is 11.3 Å². The van der Waals surface area contributed by atoms with E-state index >= 15 is 0 Å².